The Bertz CT molecular complexity index is 1180. The van der Waals surface area contributed by atoms with Crippen molar-refractivity contribution in [2.45, 2.75) is 64.1 Å². The SMILES string of the molecule is CC#Cc1cncc(-c2ccc3c(c2)[C@]2(N=C(N)C(CC)=N2)C2(CCC(OC)CC2)C3)c1. The van der Waals surface area contributed by atoms with Crippen molar-refractivity contribution in [2.75, 3.05) is 7.11 Å². The number of aliphatic imine (C=N–C) groups is 2. The summed E-state index contributed by atoms with van der Waals surface area (Å²) in [6, 6.07) is 8.82. The molecule has 5 heteroatoms. The average Bonchev–Trinajstić information content (AvgIpc) is 3.29. The van der Waals surface area contributed by atoms with Crippen LogP contribution in [0.5, 0.6) is 0 Å². The van der Waals surface area contributed by atoms with Gasteiger partial charge in [-0.1, -0.05) is 25.0 Å². The van der Waals surface area contributed by atoms with Gasteiger partial charge in [-0.25, -0.2) is 4.99 Å². The van der Waals surface area contributed by atoms with Gasteiger partial charge in [0.15, 0.2) is 5.66 Å². The monoisotopic (exact) mass is 426 g/mol. The molecule has 5 nitrogen and oxygen atoms in total. The van der Waals surface area contributed by atoms with E-state index in [4.69, 9.17) is 20.5 Å². The Morgan fingerprint density at radius 2 is 1.94 bits per heavy atom. The van der Waals surface area contributed by atoms with Crippen molar-refractivity contribution < 1.29 is 4.74 Å². The van der Waals surface area contributed by atoms with Crippen LogP contribution in [0.3, 0.4) is 0 Å². The number of fused-ring (bicyclic) bond motifs is 3. The zero-order chi connectivity index (χ0) is 22.3. The number of hydrogen-bond acceptors (Lipinski definition) is 5. The van der Waals surface area contributed by atoms with Gasteiger partial charge in [0.1, 0.15) is 5.84 Å². The molecule has 1 aromatic heterocycles. The number of nitrogens with two attached hydrogens (primary N) is 1. The molecule has 2 heterocycles. The summed E-state index contributed by atoms with van der Waals surface area (Å²) in [6.45, 7) is 3.95. The molecule has 0 radical (unpaired) electrons. The van der Waals surface area contributed by atoms with Gasteiger partial charge in [0.25, 0.3) is 0 Å². The van der Waals surface area contributed by atoms with Gasteiger partial charge >= 0.3 is 0 Å². The fraction of sp³-hybridized carbons (Fsp3) is 0.444. The number of hydrogen-bond donors (Lipinski definition) is 1. The molecule has 2 spiro atoms. The molecule has 0 unspecified atom stereocenters. The number of rotatable bonds is 3. The summed E-state index contributed by atoms with van der Waals surface area (Å²) in [4.78, 5) is 14.8. The Morgan fingerprint density at radius 1 is 1.12 bits per heavy atom. The first-order chi connectivity index (χ1) is 15.5. The number of amidine groups is 1. The van der Waals surface area contributed by atoms with Crippen molar-refractivity contribution in [2.24, 2.45) is 21.1 Å². The van der Waals surface area contributed by atoms with E-state index in [-0.39, 0.29) is 5.41 Å². The van der Waals surface area contributed by atoms with Crippen LogP contribution in [0.15, 0.2) is 46.6 Å². The van der Waals surface area contributed by atoms with Crippen LogP contribution in [0.1, 0.15) is 62.6 Å². The Labute approximate surface area is 190 Å². The summed E-state index contributed by atoms with van der Waals surface area (Å²) in [5.74, 6) is 6.67. The van der Waals surface area contributed by atoms with Gasteiger partial charge in [0, 0.05) is 41.6 Å². The van der Waals surface area contributed by atoms with E-state index in [1.54, 1.807) is 6.20 Å². The lowest BCUT2D eigenvalue weighted by molar-refractivity contribution is -0.000389. The molecule has 32 heavy (non-hydrogen) atoms. The average molecular weight is 427 g/mol. The van der Waals surface area contributed by atoms with Crippen molar-refractivity contribution in [3.8, 4) is 23.0 Å². The summed E-state index contributed by atoms with van der Waals surface area (Å²) >= 11 is 0. The highest BCUT2D eigenvalue weighted by Crippen LogP contribution is 2.62. The maximum atomic E-state index is 6.42. The number of nitrogens with zero attached hydrogens (tertiary/aromatic N) is 3. The molecule has 0 amide bonds. The topological polar surface area (TPSA) is 72.9 Å². The molecule has 1 aliphatic heterocycles. The molecular formula is C27H30N4O. The standard InChI is InChI=1S/C27H30N4O/c1-4-6-18-13-21(17-29-16-18)19-7-8-20-15-26(11-9-22(32-3)10-12-26)27(23(20)14-19)30-24(5-2)25(28)31-27/h7-8,13-14,16-17,22H,5,9-12,15H2,1-3H3,(H2,28,31)/t22?,26?,27-/m0/s1. The summed E-state index contributed by atoms with van der Waals surface area (Å²) in [5.41, 5.74) is 12.3. The lowest BCUT2D eigenvalue weighted by atomic mass is 9.65. The van der Waals surface area contributed by atoms with Crippen LogP contribution >= 0.6 is 0 Å². The third kappa shape index (κ3) is 3.09. The fourth-order valence-corrected chi connectivity index (χ4v) is 5.86. The van der Waals surface area contributed by atoms with Crippen LogP contribution in [0.25, 0.3) is 11.1 Å². The van der Waals surface area contributed by atoms with Crippen molar-refractivity contribution in [1.82, 2.24) is 4.98 Å². The molecule has 0 bridgehead atoms. The quantitative estimate of drug-likeness (QED) is 0.728. The smallest absolute Gasteiger partial charge is 0.184 e. The molecular weight excluding hydrogens is 396 g/mol. The molecule has 5 rings (SSSR count). The summed E-state index contributed by atoms with van der Waals surface area (Å²) < 4.78 is 5.68. The van der Waals surface area contributed by atoms with Crippen molar-refractivity contribution in [3.05, 3.63) is 53.3 Å². The normalized spacial score (nSPS) is 28.3. The fourth-order valence-electron chi connectivity index (χ4n) is 5.86. The molecule has 1 aromatic carbocycles. The molecule has 2 N–H and O–H groups in total. The van der Waals surface area contributed by atoms with Crippen LogP contribution in [0.4, 0.5) is 0 Å². The molecule has 1 fully saturated rings. The van der Waals surface area contributed by atoms with E-state index in [0.717, 1.165) is 60.9 Å². The Kier molecular flexibility index (Phi) is 5.14. The lowest BCUT2D eigenvalue weighted by Crippen LogP contribution is -2.43. The molecule has 1 saturated carbocycles. The van der Waals surface area contributed by atoms with Gasteiger partial charge in [0.2, 0.25) is 0 Å². The molecule has 1 atom stereocenters. The van der Waals surface area contributed by atoms with Gasteiger partial charge in [-0.15, -0.1) is 5.92 Å². The molecule has 2 aromatic rings. The molecule has 0 saturated heterocycles. The van der Waals surface area contributed by atoms with Crippen LogP contribution in [-0.2, 0) is 16.8 Å². The predicted octanol–water partition coefficient (Wildman–Crippen LogP) is 4.63. The van der Waals surface area contributed by atoms with Crippen LogP contribution in [0.2, 0.25) is 0 Å². The maximum Gasteiger partial charge on any atom is 0.184 e. The van der Waals surface area contributed by atoms with E-state index in [2.05, 4.69) is 48.0 Å². The van der Waals surface area contributed by atoms with Crippen LogP contribution < -0.4 is 5.73 Å². The van der Waals surface area contributed by atoms with Crippen LogP contribution in [0, 0.1) is 17.3 Å². The van der Waals surface area contributed by atoms with Gasteiger partial charge in [-0.3, -0.25) is 9.98 Å². The minimum Gasteiger partial charge on any atom is -0.382 e. The van der Waals surface area contributed by atoms with Crippen molar-refractivity contribution in [3.63, 3.8) is 0 Å². The third-order valence-electron chi connectivity index (χ3n) is 7.53. The maximum absolute atomic E-state index is 6.42. The van der Waals surface area contributed by atoms with E-state index in [1.807, 2.05) is 20.2 Å². The van der Waals surface area contributed by atoms with E-state index in [1.165, 1.54) is 11.1 Å². The summed E-state index contributed by atoms with van der Waals surface area (Å²) in [7, 11) is 1.82. The Hall–Kier alpha value is -2.97. The second-order valence-electron chi connectivity index (χ2n) is 9.18. The first-order valence-corrected chi connectivity index (χ1v) is 11.5. The van der Waals surface area contributed by atoms with Crippen molar-refractivity contribution in [1.29, 1.82) is 0 Å². The highest BCUT2D eigenvalue weighted by molar-refractivity contribution is 6.42. The zero-order valence-corrected chi connectivity index (χ0v) is 19.1. The zero-order valence-electron chi connectivity index (χ0n) is 19.1. The number of pyridine rings is 1. The minimum absolute atomic E-state index is 0.0433. The highest BCUT2D eigenvalue weighted by atomic mass is 16.5. The van der Waals surface area contributed by atoms with Gasteiger partial charge in [-0.2, -0.15) is 0 Å². The van der Waals surface area contributed by atoms with Gasteiger partial charge < -0.3 is 10.5 Å². The molecule has 3 aliphatic rings. The number of ether oxygens (including phenoxy) is 1. The Balaban J connectivity index is 1.64. The van der Waals surface area contributed by atoms with Crippen LogP contribution in [-0.4, -0.2) is 29.7 Å². The first-order valence-electron chi connectivity index (χ1n) is 11.5. The van der Waals surface area contributed by atoms with E-state index in [9.17, 15) is 0 Å². The third-order valence-corrected chi connectivity index (χ3v) is 7.53. The van der Waals surface area contributed by atoms with Gasteiger partial charge in [-0.05, 0) is 68.7 Å². The highest BCUT2D eigenvalue weighted by Gasteiger charge is 2.60. The minimum atomic E-state index is -0.624. The first kappa shape index (κ1) is 20.9. The van der Waals surface area contributed by atoms with Crippen molar-refractivity contribution >= 4 is 11.5 Å². The van der Waals surface area contributed by atoms with E-state index < -0.39 is 5.66 Å². The number of benzene rings is 1. The Morgan fingerprint density at radius 3 is 2.62 bits per heavy atom. The second-order valence-corrected chi connectivity index (χ2v) is 9.18. The predicted molar refractivity (Wildman–Crippen MR) is 129 cm³/mol. The van der Waals surface area contributed by atoms with E-state index in [0.29, 0.717) is 11.9 Å². The second kappa shape index (κ2) is 7.86. The molecule has 2 aliphatic carbocycles. The summed E-state index contributed by atoms with van der Waals surface area (Å²) in [6.07, 6.45) is 9.95. The summed E-state index contributed by atoms with van der Waals surface area (Å²) in [5, 5.41) is 0. The molecule has 164 valence electrons. The largest absolute Gasteiger partial charge is 0.382 e. The van der Waals surface area contributed by atoms with Gasteiger partial charge in [0.05, 0.1) is 11.8 Å². The van der Waals surface area contributed by atoms with E-state index >= 15 is 0 Å². The number of methoxy groups -OCH3 is 1. The number of aromatic nitrogens is 1. The lowest BCUT2D eigenvalue weighted by Gasteiger charge is -2.44.